The highest BCUT2D eigenvalue weighted by Crippen LogP contribution is 2.67. The molecule has 0 aromatic carbocycles. The minimum atomic E-state index is -0.138. The van der Waals surface area contributed by atoms with E-state index in [1.54, 1.807) is 5.57 Å². The molecule has 0 N–H and O–H groups in total. The van der Waals surface area contributed by atoms with Gasteiger partial charge in [-0.3, -0.25) is 4.79 Å². The molecule has 28 heavy (non-hydrogen) atoms. The minimum Gasteiger partial charge on any atom is -0.462 e. The molecule has 7 atom stereocenters. The number of fused-ring (bicyclic) bond motifs is 5. The SMILES string of the molecule is CC(=O)O[C@H]1CC[C@@]2(C)C(=CCC3C2CC[C@@]2(C)C3CC[C@@H]2n2ccnn2)C1. The van der Waals surface area contributed by atoms with Crippen molar-refractivity contribution in [1.29, 1.82) is 0 Å². The van der Waals surface area contributed by atoms with Crippen LogP contribution in [-0.4, -0.2) is 27.1 Å². The van der Waals surface area contributed by atoms with Crippen molar-refractivity contribution >= 4 is 5.97 Å². The molecule has 5 nitrogen and oxygen atoms in total. The molecule has 0 bridgehead atoms. The monoisotopic (exact) mass is 383 g/mol. The van der Waals surface area contributed by atoms with Gasteiger partial charge in [0.15, 0.2) is 0 Å². The number of rotatable bonds is 2. The number of ether oxygens (including phenoxy) is 1. The van der Waals surface area contributed by atoms with Crippen molar-refractivity contribution in [3.05, 3.63) is 24.0 Å². The smallest absolute Gasteiger partial charge is 0.302 e. The van der Waals surface area contributed by atoms with Gasteiger partial charge in [0.25, 0.3) is 0 Å². The predicted molar refractivity (Wildman–Crippen MR) is 106 cm³/mol. The first-order valence-electron chi connectivity index (χ1n) is 11.1. The minimum absolute atomic E-state index is 0.0883. The third-order valence-electron chi connectivity index (χ3n) is 9.10. The number of esters is 1. The second kappa shape index (κ2) is 6.43. The molecule has 0 amide bonds. The van der Waals surface area contributed by atoms with Crippen LogP contribution in [-0.2, 0) is 9.53 Å². The first kappa shape index (κ1) is 18.4. The van der Waals surface area contributed by atoms with Gasteiger partial charge in [-0.1, -0.05) is 30.7 Å². The Morgan fingerprint density at radius 3 is 2.79 bits per heavy atom. The van der Waals surface area contributed by atoms with Crippen LogP contribution in [0, 0.1) is 28.6 Å². The van der Waals surface area contributed by atoms with Crippen molar-refractivity contribution in [3.63, 3.8) is 0 Å². The van der Waals surface area contributed by atoms with E-state index in [-0.39, 0.29) is 12.1 Å². The summed E-state index contributed by atoms with van der Waals surface area (Å²) in [6, 6.07) is 0.499. The van der Waals surface area contributed by atoms with Crippen LogP contribution in [0.4, 0.5) is 0 Å². The lowest BCUT2D eigenvalue weighted by Crippen LogP contribution is -2.50. The third-order valence-corrected chi connectivity index (χ3v) is 9.10. The maximum absolute atomic E-state index is 11.4. The molecule has 0 aliphatic heterocycles. The Labute approximate surface area is 167 Å². The predicted octanol–water partition coefficient (Wildman–Crippen LogP) is 4.71. The highest BCUT2D eigenvalue weighted by Gasteiger charge is 2.59. The fraction of sp³-hybridized carbons (Fsp3) is 0.783. The summed E-state index contributed by atoms with van der Waals surface area (Å²) < 4.78 is 7.70. The Balaban J connectivity index is 1.40. The molecule has 3 saturated carbocycles. The molecule has 5 rings (SSSR count). The third kappa shape index (κ3) is 2.61. The normalized spacial score (nSPS) is 44.8. The molecule has 1 aromatic heterocycles. The lowest BCUT2D eigenvalue weighted by Gasteiger charge is -2.58. The zero-order valence-corrected chi connectivity index (χ0v) is 17.4. The van der Waals surface area contributed by atoms with E-state index in [0.29, 0.717) is 16.9 Å². The lowest BCUT2D eigenvalue weighted by molar-refractivity contribution is -0.148. The topological polar surface area (TPSA) is 57.0 Å². The van der Waals surface area contributed by atoms with Crippen LogP contribution in [0.5, 0.6) is 0 Å². The summed E-state index contributed by atoms with van der Waals surface area (Å²) in [6.07, 6.45) is 16.0. The summed E-state index contributed by atoms with van der Waals surface area (Å²) in [5, 5.41) is 8.44. The first-order chi connectivity index (χ1) is 13.4. The average molecular weight is 384 g/mol. The number of nitrogens with zero attached hydrogens (tertiary/aromatic N) is 3. The van der Waals surface area contributed by atoms with Crippen LogP contribution in [0.3, 0.4) is 0 Å². The largest absolute Gasteiger partial charge is 0.462 e. The van der Waals surface area contributed by atoms with E-state index in [1.165, 1.54) is 39.0 Å². The van der Waals surface area contributed by atoms with Crippen molar-refractivity contribution in [3.8, 4) is 0 Å². The van der Waals surface area contributed by atoms with Crippen molar-refractivity contribution in [2.45, 2.75) is 84.3 Å². The maximum Gasteiger partial charge on any atom is 0.302 e. The van der Waals surface area contributed by atoms with E-state index in [1.807, 2.05) is 6.20 Å². The molecule has 152 valence electrons. The summed E-state index contributed by atoms with van der Waals surface area (Å²) in [5.41, 5.74) is 2.21. The number of allylic oxidation sites excluding steroid dienone is 1. The van der Waals surface area contributed by atoms with Gasteiger partial charge in [0.2, 0.25) is 0 Å². The molecular formula is C23H33N3O2. The number of hydrogen-bond donors (Lipinski definition) is 0. The number of carbonyl (C=O) groups excluding carboxylic acids is 1. The van der Waals surface area contributed by atoms with Crippen LogP contribution >= 0.6 is 0 Å². The van der Waals surface area contributed by atoms with Crippen LogP contribution in [0.2, 0.25) is 0 Å². The summed E-state index contributed by atoms with van der Waals surface area (Å²) in [6.45, 7) is 6.56. The van der Waals surface area contributed by atoms with Crippen molar-refractivity contribution in [1.82, 2.24) is 15.0 Å². The molecule has 3 unspecified atom stereocenters. The number of hydrogen-bond acceptors (Lipinski definition) is 4. The molecule has 0 spiro atoms. The molecule has 0 saturated heterocycles. The van der Waals surface area contributed by atoms with Crippen molar-refractivity contribution < 1.29 is 9.53 Å². The van der Waals surface area contributed by atoms with E-state index < -0.39 is 0 Å². The number of aromatic nitrogens is 3. The fourth-order valence-electron chi connectivity index (χ4n) is 7.75. The van der Waals surface area contributed by atoms with E-state index in [4.69, 9.17) is 4.74 Å². The van der Waals surface area contributed by atoms with Crippen molar-refractivity contribution in [2.75, 3.05) is 0 Å². The summed E-state index contributed by atoms with van der Waals surface area (Å²) in [7, 11) is 0. The van der Waals surface area contributed by atoms with Gasteiger partial charge in [-0.25, -0.2) is 4.68 Å². The Morgan fingerprint density at radius 1 is 1.18 bits per heavy atom. The molecule has 4 aliphatic carbocycles. The maximum atomic E-state index is 11.4. The van der Waals surface area contributed by atoms with Crippen LogP contribution in [0.25, 0.3) is 0 Å². The summed E-state index contributed by atoms with van der Waals surface area (Å²) in [4.78, 5) is 11.4. The Bertz CT molecular complexity index is 788. The zero-order valence-electron chi connectivity index (χ0n) is 17.4. The Kier molecular flexibility index (Phi) is 4.22. The van der Waals surface area contributed by atoms with Gasteiger partial charge in [-0.05, 0) is 73.5 Å². The Hall–Kier alpha value is -1.65. The highest BCUT2D eigenvalue weighted by molar-refractivity contribution is 5.66. The summed E-state index contributed by atoms with van der Waals surface area (Å²) >= 11 is 0. The Morgan fingerprint density at radius 2 is 2.04 bits per heavy atom. The van der Waals surface area contributed by atoms with Gasteiger partial charge in [0, 0.05) is 19.5 Å². The first-order valence-corrected chi connectivity index (χ1v) is 11.1. The second-order valence-corrected chi connectivity index (χ2v) is 10.3. The highest BCUT2D eigenvalue weighted by atomic mass is 16.5. The van der Waals surface area contributed by atoms with Gasteiger partial charge in [0.1, 0.15) is 6.10 Å². The lowest BCUT2D eigenvalue weighted by atomic mass is 9.48. The molecular weight excluding hydrogens is 350 g/mol. The van der Waals surface area contributed by atoms with E-state index in [9.17, 15) is 4.79 Å². The van der Waals surface area contributed by atoms with E-state index >= 15 is 0 Å². The van der Waals surface area contributed by atoms with Crippen LogP contribution in [0.1, 0.15) is 78.2 Å². The van der Waals surface area contributed by atoms with Crippen LogP contribution in [0.15, 0.2) is 24.0 Å². The van der Waals surface area contributed by atoms with Gasteiger partial charge in [0.05, 0.1) is 12.2 Å². The van der Waals surface area contributed by atoms with E-state index in [0.717, 1.165) is 37.0 Å². The zero-order chi connectivity index (χ0) is 19.5. The summed E-state index contributed by atoms with van der Waals surface area (Å²) in [5.74, 6) is 2.20. The van der Waals surface area contributed by atoms with Crippen LogP contribution < -0.4 is 0 Å². The van der Waals surface area contributed by atoms with Crippen molar-refractivity contribution in [2.24, 2.45) is 28.6 Å². The molecule has 5 heteroatoms. The molecule has 1 heterocycles. The molecule has 0 radical (unpaired) electrons. The van der Waals surface area contributed by atoms with Gasteiger partial charge >= 0.3 is 5.97 Å². The van der Waals surface area contributed by atoms with E-state index in [2.05, 4.69) is 41.1 Å². The van der Waals surface area contributed by atoms with Gasteiger partial charge in [-0.2, -0.15) is 0 Å². The van der Waals surface area contributed by atoms with Gasteiger partial charge < -0.3 is 4.74 Å². The van der Waals surface area contributed by atoms with Gasteiger partial charge in [-0.15, -0.1) is 5.10 Å². The standard InChI is InChI=1S/C23H33N3O2/c1-15(27)28-17-8-10-22(2)16(14-17)4-5-18-19-6-7-21(26-13-12-24-25-26)23(19,3)11-9-20(18)22/h4,12-13,17-21H,5-11,14H2,1-3H3/t17-,18?,19?,20?,21-,22-,23-/m0/s1. The quantitative estimate of drug-likeness (QED) is 0.548. The second-order valence-electron chi connectivity index (χ2n) is 10.3. The average Bonchev–Trinajstić information content (AvgIpc) is 3.28. The molecule has 3 fully saturated rings. The fourth-order valence-corrected chi connectivity index (χ4v) is 7.75. The molecule has 4 aliphatic rings. The number of carbonyl (C=O) groups is 1. The molecule has 1 aromatic rings.